The molecule has 6 nitrogen and oxygen atoms in total. The number of carbonyl (C=O) groups is 1. The Morgan fingerprint density at radius 2 is 1.90 bits per heavy atom. The van der Waals surface area contributed by atoms with Crippen LogP contribution >= 0.6 is 11.8 Å². The molecule has 162 valence electrons. The third kappa shape index (κ3) is 5.14. The fourth-order valence-corrected chi connectivity index (χ4v) is 4.42. The Bertz CT molecular complexity index is 1030. The highest BCUT2D eigenvalue weighted by Gasteiger charge is 2.22. The van der Waals surface area contributed by atoms with Gasteiger partial charge >= 0.3 is 0 Å². The van der Waals surface area contributed by atoms with Crippen LogP contribution in [0.5, 0.6) is 0 Å². The van der Waals surface area contributed by atoms with Gasteiger partial charge in [0.1, 0.15) is 5.82 Å². The van der Waals surface area contributed by atoms with Crippen LogP contribution < -0.4 is 0 Å². The van der Waals surface area contributed by atoms with Crippen LogP contribution in [0.3, 0.4) is 0 Å². The second-order valence-electron chi connectivity index (χ2n) is 7.74. The Hall–Kier alpha value is -2.71. The number of halogens is 1. The molecular formula is C23H25FN4O2S. The van der Waals surface area contributed by atoms with Crippen molar-refractivity contribution in [2.24, 2.45) is 0 Å². The molecule has 2 aromatic carbocycles. The summed E-state index contributed by atoms with van der Waals surface area (Å²) in [6.45, 7) is 1.44. The maximum absolute atomic E-state index is 13.4. The summed E-state index contributed by atoms with van der Waals surface area (Å²) in [5, 5.41) is 9.59. The Morgan fingerprint density at radius 3 is 2.55 bits per heavy atom. The van der Waals surface area contributed by atoms with Crippen molar-refractivity contribution in [2.75, 3.05) is 20.7 Å². The number of carbonyl (C=O) groups excluding carboxylic acids is 1. The molecule has 0 spiro atoms. The molecule has 4 rings (SSSR count). The van der Waals surface area contributed by atoms with E-state index in [1.54, 1.807) is 42.9 Å². The van der Waals surface area contributed by atoms with Crippen LogP contribution in [0.1, 0.15) is 28.8 Å². The van der Waals surface area contributed by atoms with Crippen LogP contribution in [0, 0.1) is 5.82 Å². The lowest BCUT2D eigenvalue weighted by Gasteiger charge is -2.15. The standard InChI is InChI=1S/C23H25FN4O2S/c1-27(2)22(29)18-7-5-16(6-8-18)15-31-23-26-25-21(17-9-11-19(24)12-10-17)28(23)14-20-4-3-13-30-20/h5-12,20H,3-4,13-15H2,1-2H3. The Kier molecular flexibility index (Phi) is 6.67. The largest absolute Gasteiger partial charge is 0.376 e. The predicted octanol–water partition coefficient (Wildman–Crippen LogP) is 4.26. The quantitative estimate of drug-likeness (QED) is 0.514. The third-order valence-corrected chi connectivity index (χ3v) is 6.24. The van der Waals surface area contributed by atoms with Gasteiger partial charge in [-0.1, -0.05) is 23.9 Å². The first-order chi connectivity index (χ1) is 15.0. The SMILES string of the molecule is CN(C)C(=O)c1ccc(CSc2nnc(-c3ccc(F)cc3)n2CC2CCCO2)cc1. The minimum atomic E-state index is -0.278. The van der Waals surface area contributed by atoms with Crippen LogP contribution in [-0.4, -0.2) is 52.4 Å². The van der Waals surface area contributed by atoms with Gasteiger partial charge in [-0.05, 0) is 54.8 Å². The maximum Gasteiger partial charge on any atom is 0.253 e. The van der Waals surface area contributed by atoms with E-state index in [0.29, 0.717) is 23.7 Å². The second-order valence-corrected chi connectivity index (χ2v) is 8.69. The topological polar surface area (TPSA) is 60.2 Å². The van der Waals surface area contributed by atoms with Gasteiger partial charge in [0.05, 0.1) is 12.6 Å². The van der Waals surface area contributed by atoms with E-state index in [1.165, 1.54) is 12.1 Å². The van der Waals surface area contributed by atoms with E-state index in [2.05, 4.69) is 14.8 Å². The smallest absolute Gasteiger partial charge is 0.253 e. The molecule has 1 atom stereocenters. The van der Waals surface area contributed by atoms with E-state index < -0.39 is 0 Å². The number of rotatable bonds is 7. The zero-order valence-corrected chi connectivity index (χ0v) is 18.4. The molecule has 8 heteroatoms. The predicted molar refractivity (Wildman–Crippen MR) is 118 cm³/mol. The Balaban J connectivity index is 1.53. The molecule has 3 aromatic rings. The fourth-order valence-electron chi connectivity index (χ4n) is 3.51. The van der Waals surface area contributed by atoms with Crippen molar-refractivity contribution in [3.8, 4) is 11.4 Å². The van der Waals surface area contributed by atoms with Crippen LogP contribution in [0.25, 0.3) is 11.4 Å². The molecule has 0 saturated carbocycles. The van der Waals surface area contributed by atoms with E-state index in [1.807, 2.05) is 24.3 Å². The highest BCUT2D eigenvalue weighted by Crippen LogP contribution is 2.28. The minimum absolute atomic E-state index is 0.0144. The number of ether oxygens (including phenoxy) is 1. The van der Waals surface area contributed by atoms with Crippen LogP contribution in [-0.2, 0) is 17.0 Å². The first-order valence-corrected chi connectivity index (χ1v) is 11.2. The van der Waals surface area contributed by atoms with Gasteiger partial charge in [-0.3, -0.25) is 9.36 Å². The van der Waals surface area contributed by atoms with Crippen molar-refractivity contribution in [1.29, 1.82) is 0 Å². The number of benzene rings is 2. The van der Waals surface area contributed by atoms with Crippen molar-refractivity contribution in [2.45, 2.75) is 36.4 Å². The number of hydrogen-bond donors (Lipinski definition) is 0. The minimum Gasteiger partial charge on any atom is -0.376 e. The molecule has 2 heterocycles. The summed E-state index contributed by atoms with van der Waals surface area (Å²) < 4.78 is 21.3. The molecule has 1 saturated heterocycles. The second kappa shape index (κ2) is 9.62. The number of amides is 1. The highest BCUT2D eigenvalue weighted by atomic mass is 32.2. The molecule has 0 bridgehead atoms. The van der Waals surface area contributed by atoms with E-state index in [0.717, 1.165) is 35.7 Å². The van der Waals surface area contributed by atoms with Crippen LogP contribution in [0.15, 0.2) is 53.7 Å². The molecule has 0 radical (unpaired) electrons. The van der Waals surface area contributed by atoms with E-state index in [9.17, 15) is 9.18 Å². The lowest BCUT2D eigenvalue weighted by molar-refractivity contribution is 0.0827. The number of aromatic nitrogens is 3. The normalized spacial score (nSPS) is 15.9. The average Bonchev–Trinajstić information content (AvgIpc) is 3.43. The zero-order valence-electron chi connectivity index (χ0n) is 17.6. The van der Waals surface area contributed by atoms with Crippen molar-refractivity contribution in [3.05, 3.63) is 65.5 Å². The van der Waals surface area contributed by atoms with Crippen molar-refractivity contribution >= 4 is 17.7 Å². The van der Waals surface area contributed by atoms with Crippen LogP contribution in [0.2, 0.25) is 0 Å². The summed E-state index contributed by atoms with van der Waals surface area (Å²) in [5.74, 6) is 1.12. The van der Waals surface area contributed by atoms with Gasteiger partial charge in [0, 0.05) is 37.6 Å². The summed E-state index contributed by atoms with van der Waals surface area (Å²) in [5.41, 5.74) is 2.58. The number of thioether (sulfide) groups is 1. The summed E-state index contributed by atoms with van der Waals surface area (Å²) in [7, 11) is 3.48. The van der Waals surface area contributed by atoms with Gasteiger partial charge in [-0.2, -0.15) is 0 Å². The first-order valence-electron chi connectivity index (χ1n) is 10.3. The van der Waals surface area contributed by atoms with Gasteiger partial charge < -0.3 is 9.64 Å². The summed E-state index contributed by atoms with van der Waals surface area (Å²) in [4.78, 5) is 13.6. The molecule has 0 N–H and O–H groups in total. The van der Waals surface area contributed by atoms with Gasteiger partial charge in [0.25, 0.3) is 5.91 Å². The molecule has 0 aliphatic carbocycles. The van der Waals surface area contributed by atoms with Gasteiger partial charge in [0.2, 0.25) is 0 Å². The molecule has 1 aliphatic rings. The van der Waals surface area contributed by atoms with E-state index in [-0.39, 0.29) is 17.8 Å². The highest BCUT2D eigenvalue weighted by molar-refractivity contribution is 7.98. The fraction of sp³-hybridized carbons (Fsp3) is 0.348. The molecule has 1 amide bonds. The lowest BCUT2D eigenvalue weighted by Crippen LogP contribution is -2.21. The van der Waals surface area contributed by atoms with Gasteiger partial charge in [-0.15, -0.1) is 10.2 Å². The molecule has 1 aromatic heterocycles. The molecule has 1 fully saturated rings. The van der Waals surface area contributed by atoms with E-state index >= 15 is 0 Å². The molecule has 31 heavy (non-hydrogen) atoms. The molecule has 1 unspecified atom stereocenters. The molecular weight excluding hydrogens is 415 g/mol. The van der Waals surface area contributed by atoms with Gasteiger partial charge in [0.15, 0.2) is 11.0 Å². The average molecular weight is 441 g/mol. The Labute approximate surface area is 185 Å². The maximum atomic E-state index is 13.4. The van der Waals surface area contributed by atoms with E-state index in [4.69, 9.17) is 4.74 Å². The number of nitrogens with zero attached hydrogens (tertiary/aromatic N) is 4. The Morgan fingerprint density at radius 1 is 1.16 bits per heavy atom. The monoisotopic (exact) mass is 440 g/mol. The zero-order chi connectivity index (χ0) is 21.8. The summed E-state index contributed by atoms with van der Waals surface area (Å²) in [6.07, 6.45) is 2.19. The van der Waals surface area contributed by atoms with Crippen molar-refractivity contribution in [1.82, 2.24) is 19.7 Å². The van der Waals surface area contributed by atoms with Crippen molar-refractivity contribution in [3.63, 3.8) is 0 Å². The lowest BCUT2D eigenvalue weighted by atomic mass is 10.1. The van der Waals surface area contributed by atoms with Crippen LogP contribution in [0.4, 0.5) is 4.39 Å². The summed E-state index contributed by atoms with van der Waals surface area (Å²) in [6, 6.07) is 13.9. The summed E-state index contributed by atoms with van der Waals surface area (Å²) >= 11 is 1.59. The molecule has 1 aliphatic heterocycles. The van der Waals surface area contributed by atoms with Gasteiger partial charge in [-0.25, -0.2) is 4.39 Å². The number of hydrogen-bond acceptors (Lipinski definition) is 5. The third-order valence-electron chi connectivity index (χ3n) is 5.20. The first kappa shape index (κ1) is 21.5. The van der Waals surface area contributed by atoms with Crippen molar-refractivity contribution < 1.29 is 13.9 Å².